The smallest absolute Gasteiger partial charge is 0.124 e. The van der Waals surface area contributed by atoms with Crippen molar-refractivity contribution in [1.82, 2.24) is 0 Å². The van der Waals surface area contributed by atoms with Crippen molar-refractivity contribution in [2.75, 3.05) is 0 Å². The van der Waals surface area contributed by atoms with Crippen LogP contribution in [0.3, 0.4) is 0 Å². The molecule has 0 N–H and O–H groups in total. The minimum Gasteiger partial charge on any atom is -0.247 e. The van der Waals surface area contributed by atoms with Crippen LogP contribution in [-0.2, 0) is 0 Å². The van der Waals surface area contributed by atoms with Crippen LogP contribution in [0.1, 0.15) is 48.0 Å². The lowest BCUT2D eigenvalue weighted by Gasteiger charge is -2.54. The Balaban J connectivity index is 2.71. The van der Waals surface area contributed by atoms with Crippen molar-refractivity contribution < 1.29 is 8.78 Å². The molecule has 3 atom stereocenters. The summed E-state index contributed by atoms with van der Waals surface area (Å²) in [4.78, 5) is 0. The maximum Gasteiger partial charge on any atom is 0.124 e. The Morgan fingerprint density at radius 1 is 1.20 bits per heavy atom. The lowest BCUT2D eigenvalue weighted by Crippen LogP contribution is -2.62. The molecule has 0 heterocycles. The minimum atomic E-state index is -1.30. The zero-order valence-corrected chi connectivity index (χ0v) is 10.8. The fourth-order valence-electron chi connectivity index (χ4n) is 3.19. The van der Waals surface area contributed by atoms with Gasteiger partial charge in [-0.3, -0.25) is 0 Å². The summed E-state index contributed by atoms with van der Waals surface area (Å²) in [5, 5.41) is 0. The average Bonchev–Trinajstić information content (AvgIpc) is 2.11. The van der Waals surface area contributed by atoms with E-state index in [-0.39, 0.29) is 11.3 Å². The molecule has 90 valence electrons. The SMILES string of the molecule is CC(CC(C)(C)C)C1(F)C(C)C(F)C1C. The molecule has 0 bridgehead atoms. The molecule has 0 aromatic carbocycles. The van der Waals surface area contributed by atoms with Crippen LogP contribution in [0, 0.1) is 23.2 Å². The largest absolute Gasteiger partial charge is 0.247 e. The van der Waals surface area contributed by atoms with Gasteiger partial charge in [-0.2, -0.15) is 0 Å². The van der Waals surface area contributed by atoms with Gasteiger partial charge >= 0.3 is 0 Å². The van der Waals surface area contributed by atoms with Gasteiger partial charge in [0.05, 0.1) is 0 Å². The van der Waals surface area contributed by atoms with Crippen LogP contribution in [0.15, 0.2) is 0 Å². The van der Waals surface area contributed by atoms with Crippen molar-refractivity contribution in [2.45, 2.75) is 59.8 Å². The summed E-state index contributed by atoms with van der Waals surface area (Å²) < 4.78 is 28.0. The highest BCUT2D eigenvalue weighted by Crippen LogP contribution is 2.55. The molecule has 1 aliphatic carbocycles. The molecule has 15 heavy (non-hydrogen) atoms. The summed E-state index contributed by atoms with van der Waals surface area (Å²) in [6.45, 7) is 11.6. The quantitative estimate of drug-likeness (QED) is 0.644. The second-order valence-corrected chi connectivity index (χ2v) is 6.51. The van der Waals surface area contributed by atoms with Crippen molar-refractivity contribution in [2.24, 2.45) is 23.2 Å². The Bertz CT molecular complexity index is 219. The Kier molecular flexibility index (Phi) is 3.20. The summed E-state index contributed by atoms with van der Waals surface area (Å²) in [6, 6.07) is 0. The second-order valence-electron chi connectivity index (χ2n) is 6.51. The van der Waals surface area contributed by atoms with E-state index in [1.165, 1.54) is 0 Å². The lowest BCUT2D eigenvalue weighted by molar-refractivity contribution is -0.172. The lowest BCUT2D eigenvalue weighted by atomic mass is 9.55. The third-order valence-electron chi connectivity index (χ3n) is 4.02. The zero-order chi connectivity index (χ0) is 12.0. The van der Waals surface area contributed by atoms with Gasteiger partial charge in [-0.15, -0.1) is 0 Å². The molecule has 1 fully saturated rings. The number of alkyl halides is 2. The summed E-state index contributed by atoms with van der Waals surface area (Å²) in [7, 11) is 0. The number of hydrogen-bond donors (Lipinski definition) is 0. The molecule has 0 saturated heterocycles. The first-order chi connectivity index (χ1) is 6.60. The van der Waals surface area contributed by atoms with Crippen LogP contribution in [-0.4, -0.2) is 11.8 Å². The van der Waals surface area contributed by atoms with E-state index in [9.17, 15) is 8.78 Å². The van der Waals surface area contributed by atoms with Crippen LogP contribution in [0.2, 0.25) is 0 Å². The van der Waals surface area contributed by atoms with Crippen molar-refractivity contribution in [3.8, 4) is 0 Å². The molecule has 0 spiro atoms. The first kappa shape index (κ1) is 12.9. The van der Waals surface area contributed by atoms with E-state index >= 15 is 0 Å². The van der Waals surface area contributed by atoms with E-state index in [2.05, 4.69) is 20.8 Å². The van der Waals surface area contributed by atoms with Gasteiger partial charge in [-0.05, 0) is 17.8 Å². The Labute approximate surface area is 92.4 Å². The van der Waals surface area contributed by atoms with E-state index < -0.39 is 23.7 Å². The van der Waals surface area contributed by atoms with Gasteiger partial charge in [0.2, 0.25) is 0 Å². The molecule has 1 aliphatic rings. The molecule has 1 saturated carbocycles. The highest BCUT2D eigenvalue weighted by Gasteiger charge is 2.62. The second kappa shape index (κ2) is 3.71. The highest BCUT2D eigenvalue weighted by atomic mass is 19.2. The van der Waals surface area contributed by atoms with Gasteiger partial charge in [0.1, 0.15) is 11.8 Å². The Hall–Kier alpha value is -0.140. The molecule has 0 amide bonds. The molecule has 1 rings (SSSR count). The minimum absolute atomic E-state index is 0.0606. The average molecular weight is 218 g/mol. The molecule has 0 radical (unpaired) electrons. The highest BCUT2D eigenvalue weighted by molar-refractivity contribution is 5.09. The van der Waals surface area contributed by atoms with Gasteiger partial charge in [-0.1, -0.05) is 41.5 Å². The van der Waals surface area contributed by atoms with Crippen molar-refractivity contribution in [3.63, 3.8) is 0 Å². The van der Waals surface area contributed by atoms with E-state index in [4.69, 9.17) is 0 Å². The van der Waals surface area contributed by atoms with Gasteiger partial charge < -0.3 is 0 Å². The number of halogens is 2. The van der Waals surface area contributed by atoms with Crippen LogP contribution in [0.4, 0.5) is 8.78 Å². The molecular weight excluding hydrogens is 194 g/mol. The summed E-state index contributed by atoms with van der Waals surface area (Å²) in [5.74, 6) is -0.941. The van der Waals surface area contributed by atoms with Crippen LogP contribution in [0.25, 0.3) is 0 Å². The first-order valence-corrected chi connectivity index (χ1v) is 5.93. The normalized spacial score (nSPS) is 43.6. The predicted molar refractivity (Wildman–Crippen MR) is 60.3 cm³/mol. The molecule has 3 unspecified atom stereocenters. The van der Waals surface area contributed by atoms with Gasteiger partial charge in [0.25, 0.3) is 0 Å². The molecular formula is C13H24F2. The monoisotopic (exact) mass is 218 g/mol. The molecule has 0 aliphatic heterocycles. The Morgan fingerprint density at radius 3 is 1.93 bits per heavy atom. The maximum absolute atomic E-state index is 14.6. The van der Waals surface area contributed by atoms with Crippen molar-refractivity contribution >= 4 is 0 Å². The van der Waals surface area contributed by atoms with Crippen LogP contribution < -0.4 is 0 Å². The number of hydrogen-bond acceptors (Lipinski definition) is 0. The van der Waals surface area contributed by atoms with Gasteiger partial charge in [0.15, 0.2) is 0 Å². The summed E-state index contributed by atoms with van der Waals surface area (Å²) in [6.07, 6.45) is -0.150. The summed E-state index contributed by atoms with van der Waals surface area (Å²) >= 11 is 0. The van der Waals surface area contributed by atoms with Gasteiger partial charge in [-0.25, -0.2) is 8.78 Å². The molecule has 0 nitrogen and oxygen atoms in total. The van der Waals surface area contributed by atoms with Crippen LogP contribution in [0.5, 0.6) is 0 Å². The van der Waals surface area contributed by atoms with Gasteiger partial charge in [0, 0.05) is 11.8 Å². The fourth-order valence-corrected chi connectivity index (χ4v) is 3.19. The first-order valence-electron chi connectivity index (χ1n) is 5.93. The molecule has 0 aromatic rings. The summed E-state index contributed by atoms with van der Waals surface area (Å²) in [5.41, 5.74) is -1.19. The zero-order valence-electron chi connectivity index (χ0n) is 10.8. The third-order valence-corrected chi connectivity index (χ3v) is 4.02. The predicted octanol–water partition coefficient (Wildman–Crippen LogP) is 4.39. The van der Waals surface area contributed by atoms with E-state index in [0.29, 0.717) is 0 Å². The van der Waals surface area contributed by atoms with Crippen molar-refractivity contribution in [3.05, 3.63) is 0 Å². The Morgan fingerprint density at radius 2 is 1.60 bits per heavy atom. The van der Waals surface area contributed by atoms with E-state index in [1.54, 1.807) is 13.8 Å². The standard InChI is InChI=1S/C13H24F2/c1-8(7-12(4,5)6)13(15)9(2)11(14)10(13)3/h8-11H,7H2,1-6H3. The third kappa shape index (κ3) is 2.05. The molecule has 2 heteroatoms. The van der Waals surface area contributed by atoms with Crippen molar-refractivity contribution in [1.29, 1.82) is 0 Å². The van der Waals surface area contributed by atoms with Crippen LogP contribution >= 0.6 is 0 Å². The molecule has 0 aromatic heterocycles. The maximum atomic E-state index is 14.6. The van der Waals surface area contributed by atoms with E-state index in [0.717, 1.165) is 6.42 Å². The number of rotatable bonds is 2. The fraction of sp³-hybridized carbons (Fsp3) is 1.00. The van der Waals surface area contributed by atoms with E-state index in [1.807, 2.05) is 6.92 Å². The topological polar surface area (TPSA) is 0 Å².